The molecule has 2 aromatic rings. The number of hydrogen-bond donors (Lipinski definition) is 0. The summed E-state index contributed by atoms with van der Waals surface area (Å²) in [6.07, 6.45) is 0. The van der Waals surface area contributed by atoms with Crippen LogP contribution in [0, 0.1) is 11.3 Å². The van der Waals surface area contributed by atoms with Gasteiger partial charge in [-0.25, -0.2) is 4.79 Å². The van der Waals surface area contributed by atoms with Crippen LogP contribution in [-0.4, -0.2) is 11.6 Å². The Morgan fingerprint density at radius 3 is 1.70 bits per heavy atom. The van der Waals surface area contributed by atoms with E-state index in [9.17, 15) is 10.1 Å². The van der Waals surface area contributed by atoms with Crippen LogP contribution in [0.15, 0.2) is 66.2 Å². The highest BCUT2D eigenvalue weighted by Gasteiger charge is 2.24. The molecule has 0 aliphatic carbocycles. The Morgan fingerprint density at radius 1 is 0.913 bits per heavy atom. The molecule has 0 aromatic heterocycles. The van der Waals surface area contributed by atoms with E-state index < -0.39 is 11.6 Å². The second-order valence-corrected chi connectivity index (χ2v) is 6.10. The molecule has 0 spiro atoms. The third-order valence-electron chi connectivity index (χ3n) is 3.09. The highest BCUT2D eigenvalue weighted by Crippen LogP contribution is 2.28. The van der Waals surface area contributed by atoms with Crippen molar-refractivity contribution in [2.45, 2.75) is 26.4 Å². The second kappa shape index (κ2) is 6.93. The molecule has 23 heavy (non-hydrogen) atoms. The number of ether oxygens (including phenoxy) is 1. The molecule has 0 aliphatic rings. The SMILES string of the molecule is CC(C)(C)OC(=O)C(C#N)=C(c1ccccc1)c1ccccc1. The van der Waals surface area contributed by atoms with Crippen molar-refractivity contribution in [2.75, 3.05) is 0 Å². The van der Waals surface area contributed by atoms with Gasteiger partial charge in [-0.1, -0.05) is 60.7 Å². The summed E-state index contributed by atoms with van der Waals surface area (Å²) in [6, 6.07) is 20.8. The minimum atomic E-state index is -0.655. The van der Waals surface area contributed by atoms with Crippen LogP contribution in [0.4, 0.5) is 0 Å². The van der Waals surface area contributed by atoms with E-state index in [1.165, 1.54) is 0 Å². The molecule has 0 saturated carbocycles. The Morgan fingerprint density at radius 2 is 1.35 bits per heavy atom. The molecule has 0 saturated heterocycles. The smallest absolute Gasteiger partial charge is 0.350 e. The summed E-state index contributed by atoms with van der Waals surface area (Å²) in [5.74, 6) is -0.609. The van der Waals surface area contributed by atoms with Gasteiger partial charge in [0.1, 0.15) is 17.2 Å². The van der Waals surface area contributed by atoms with Crippen molar-refractivity contribution in [2.24, 2.45) is 0 Å². The predicted molar refractivity (Wildman–Crippen MR) is 90.4 cm³/mol. The summed E-state index contributed by atoms with van der Waals surface area (Å²) in [6.45, 7) is 5.35. The maximum atomic E-state index is 12.5. The molecule has 0 heterocycles. The van der Waals surface area contributed by atoms with E-state index in [4.69, 9.17) is 4.74 Å². The molecule has 0 fully saturated rings. The molecule has 0 atom stereocenters. The maximum absolute atomic E-state index is 12.5. The highest BCUT2D eigenvalue weighted by molar-refractivity contribution is 6.05. The second-order valence-electron chi connectivity index (χ2n) is 6.10. The zero-order valence-electron chi connectivity index (χ0n) is 13.5. The van der Waals surface area contributed by atoms with Crippen molar-refractivity contribution in [3.05, 3.63) is 77.4 Å². The average Bonchev–Trinajstić information content (AvgIpc) is 2.52. The minimum Gasteiger partial charge on any atom is -0.456 e. The Hall–Kier alpha value is -2.86. The van der Waals surface area contributed by atoms with Crippen LogP contribution >= 0.6 is 0 Å². The molecule has 2 aromatic carbocycles. The molecule has 0 N–H and O–H groups in total. The van der Waals surface area contributed by atoms with E-state index in [1.54, 1.807) is 20.8 Å². The van der Waals surface area contributed by atoms with Crippen molar-refractivity contribution < 1.29 is 9.53 Å². The number of nitriles is 1. The Bertz CT molecular complexity index is 706. The van der Waals surface area contributed by atoms with Crippen LogP contribution in [0.1, 0.15) is 31.9 Å². The average molecular weight is 305 g/mol. The van der Waals surface area contributed by atoms with Crippen molar-refractivity contribution in [1.29, 1.82) is 5.26 Å². The lowest BCUT2D eigenvalue weighted by Crippen LogP contribution is -2.25. The van der Waals surface area contributed by atoms with Gasteiger partial charge in [-0.3, -0.25) is 0 Å². The summed E-state index contributed by atoms with van der Waals surface area (Å²) in [7, 11) is 0. The number of hydrogen-bond acceptors (Lipinski definition) is 3. The van der Waals surface area contributed by atoms with Crippen LogP contribution in [0.5, 0.6) is 0 Å². The molecule has 0 bridgehead atoms. The topological polar surface area (TPSA) is 50.1 Å². The Labute approximate surface area is 136 Å². The quantitative estimate of drug-likeness (QED) is 0.481. The van der Waals surface area contributed by atoms with Crippen LogP contribution in [-0.2, 0) is 9.53 Å². The molecule has 3 heteroatoms. The van der Waals surface area contributed by atoms with Gasteiger partial charge in [-0.2, -0.15) is 5.26 Å². The van der Waals surface area contributed by atoms with E-state index in [1.807, 2.05) is 66.7 Å². The van der Waals surface area contributed by atoms with Crippen LogP contribution in [0.2, 0.25) is 0 Å². The van der Waals surface area contributed by atoms with Gasteiger partial charge in [0, 0.05) is 5.57 Å². The van der Waals surface area contributed by atoms with Crippen LogP contribution < -0.4 is 0 Å². The van der Waals surface area contributed by atoms with Gasteiger partial charge in [0.05, 0.1) is 0 Å². The van der Waals surface area contributed by atoms with Gasteiger partial charge in [-0.15, -0.1) is 0 Å². The van der Waals surface area contributed by atoms with Gasteiger partial charge < -0.3 is 4.74 Å². The predicted octanol–water partition coefficient (Wildman–Crippen LogP) is 4.35. The first-order valence-electron chi connectivity index (χ1n) is 7.41. The number of esters is 1. The van der Waals surface area contributed by atoms with Crippen LogP contribution in [0.3, 0.4) is 0 Å². The fourth-order valence-corrected chi connectivity index (χ4v) is 2.20. The molecule has 2 rings (SSSR count). The molecule has 116 valence electrons. The lowest BCUT2D eigenvalue weighted by atomic mass is 9.93. The van der Waals surface area contributed by atoms with E-state index in [-0.39, 0.29) is 5.57 Å². The summed E-state index contributed by atoms with van der Waals surface area (Å²) >= 11 is 0. The molecule has 0 radical (unpaired) electrons. The van der Waals surface area contributed by atoms with Gasteiger partial charge in [0.2, 0.25) is 0 Å². The third kappa shape index (κ3) is 4.31. The standard InChI is InChI=1S/C20H19NO2/c1-20(2,3)23-19(22)17(14-21)18(15-10-6-4-7-11-15)16-12-8-5-9-13-16/h4-13H,1-3H3. The van der Waals surface area contributed by atoms with Gasteiger partial charge in [0.25, 0.3) is 0 Å². The van der Waals surface area contributed by atoms with Crippen molar-refractivity contribution in [1.82, 2.24) is 0 Å². The summed E-state index contributed by atoms with van der Waals surface area (Å²) < 4.78 is 5.40. The summed E-state index contributed by atoms with van der Waals surface area (Å²) in [4.78, 5) is 12.5. The molecular weight excluding hydrogens is 286 g/mol. The fourth-order valence-electron chi connectivity index (χ4n) is 2.20. The number of benzene rings is 2. The van der Waals surface area contributed by atoms with Crippen molar-refractivity contribution in [3.8, 4) is 6.07 Å². The summed E-state index contributed by atoms with van der Waals surface area (Å²) in [5.41, 5.74) is 1.56. The zero-order valence-corrected chi connectivity index (χ0v) is 13.5. The maximum Gasteiger partial charge on any atom is 0.350 e. The first kappa shape index (κ1) is 16.5. The monoisotopic (exact) mass is 305 g/mol. The van der Waals surface area contributed by atoms with Gasteiger partial charge >= 0.3 is 5.97 Å². The first-order valence-corrected chi connectivity index (χ1v) is 7.41. The molecule has 0 unspecified atom stereocenters. The van der Waals surface area contributed by atoms with E-state index in [2.05, 4.69) is 0 Å². The lowest BCUT2D eigenvalue weighted by molar-refractivity contribution is -0.149. The number of carbonyl (C=O) groups excluding carboxylic acids is 1. The molecule has 0 aliphatic heterocycles. The largest absolute Gasteiger partial charge is 0.456 e. The molecule has 0 amide bonds. The molecular formula is C20H19NO2. The summed E-state index contributed by atoms with van der Waals surface area (Å²) in [5, 5.41) is 9.58. The van der Waals surface area contributed by atoms with Crippen molar-refractivity contribution in [3.63, 3.8) is 0 Å². The highest BCUT2D eigenvalue weighted by atomic mass is 16.6. The molecule has 3 nitrogen and oxygen atoms in total. The number of nitrogens with zero attached hydrogens (tertiary/aromatic N) is 1. The van der Waals surface area contributed by atoms with E-state index in [0.29, 0.717) is 5.57 Å². The van der Waals surface area contributed by atoms with E-state index in [0.717, 1.165) is 11.1 Å². The Balaban J connectivity index is 2.64. The fraction of sp³-hybridized carbons (Fsp3) is 0.200. The third-order valence-corrected chi connectivity index (χ3v) is 3.09. The Kier molecular flexibility index (Phi) is 4.98. The number of rotatable bonds is 3. The normalized spacial score (nSPS) is 10.5. The minimum absolute atomic E-state index is 0.0114. The number of carbonyl (C=O) groups is 1. The lowest BCUT2D eigenvalue weighted by Gasteiger charge is -2.20. The van der Waals surface area contributed by atoms with E-state index >= 15 is 0 Å². The van der Waals surface area contributed by atoms with Crippen molar-refractivity contribution >= 4 is 11.5 Å². The zero-order chi connectivity index (χ0) is 16.9. The first-order chi connectivity index (χ1) is 10.9. The van der Waals surface area contributed by atoms with Gasteiger partial charge in [-0.05, 0) is 31.9 Å². The van der Waals surface area contributed by atoms with Crippen LogP contribution in [0.25, 0.3) is 5.57 Å². The van der Waals surface area contributed by atoms with Gasteiger partial charge in [0.15, 0.2) is 0 Å².